The van der Waals surface area contributed by atoms with Crippen LogP contribution in [0, 0.1) is 0 Å². The predicted molar refractivity (Wildman–Crippen MR) is 127 cm³/mol. The van der Waals surface area contributed by atoms with E-state index >= 15 is 0 Å². The lowest BCUT2D eigenvalue weighted by Gasteiger charge is -2.28. The summed E-state index contributed by atoms with van der Waals surface area (Å²) >= 11 is 8.62. The van der Waals surface area contributed by atoms with Crippen molar-refractivity contribution in [2.75, 3.05) is 20.3 Å². The Bertz CT molecular complexity index is 1200. The number of para-hydroxylation sites is 1. The number of benzene rings is 2. The smallest absolute Gasteiger partial charge is 0.265 e. The number of nitrogens with zero attached hydrogens (tertiary/aromatic N) is 2. The third-order valence-electron chi connectivity index (χ3n) is 5.09. The Morgan fingerprint density at radius 2 is 1.87 bits per heavy atom. The largest absolute Gasteiger partial charge is 0.383 e. The number of carbonyl (C=O) groups is 2. The summed E-state index contributed by atoms with van der Waals surface area (Å²) in [6, 6.07) is 16.1. The average molecular weight is 498 g/mol. The van der Waals surface area contributed by atoms with E-state index in [1.54, 1.807) is 13.2 Å². The van der Waals surface area contributed by atoms with E-state index in [0.717, 1.165) is 26.5 Å². The monoisotopic (exact) mass is 497 g/mol. The van der Waals surface area contributed by atoms with E-state index in [2.05, 4.69) is 37.9 Å². The van der Waals surface area contributed by atoms with Gasteiger partial charge in [0.2, 0.25) is 0 Å². The number of fused-ring (bicyclic) bond motifs is 1. The van der Waals surface area contributed by atoms with Gasteiger partial charge in [0.25, 0.3) is 11.8 Å². The lowest BCUT2D eigenvalue weighted by molar-refractivity contribution is -0.129. The van der Waals surface area contributed by atoms with Gasteiger partial charge in [-0.05, 0) is 42.1 Å². The Hall–Kier alpha value is -2.81. The number of nitrogens with one attached hydrogen (secondary N) is 1. The molecule has 1 N–H and O–H groups in total. The summed E-state index contributed by atoms with van der Waals surface area (Å²) in [6.45, 7) is 1.26. The second-order valence-corrected chi connectivity index (χ2v) is 8.43. The van der Waals surface area contributed by atoms with Crippen molar-refractivity contribution < 1.29 is 14.3 Å². The van der Waals surface area contributed by atoms with Gasteiger partial charge in [-0.3, -0.25) is 19.8 Å². The number of rotatable bonds is 6. The lowest BCUT2D eigenvalue weighted by Crippen LogP contribution is -2.54. The molecule has 0 aliphatic carbocycles. The molecule has 2 amide bonds. The Morgan fingerprint density at radius 3 is 2.61 bits per heavy atom. The number of amides is 2. The zero-order valence-electron chi connectivity index (χ0n) is 16.8. The van der Waals surface area contributed by atoms with Crippen LogP contribution in [-0.4, -0.2) is 46.7 Å². The van der Waals surface area contributed by atoms with Gasteiger partial charge in [0.05, 0.1) is 13.2 Å². The lowest BCUT2D eigenvalue weighted by atomic mass is 10.1. The molecule has 0 radical (unpaired) electrons. The van der Waals surface area contributed by atoms with E-state index in [1.807, 2.05) is 42.6 Å². The van der Waals surface area contributed by atoms with Crippen LogP contribution >= 0.6 is 28.1 Å². The highest BCUT2D eigenvalue weighted by molar-refractivity contribution is 9.10. The van der Waals surface area contributed by atoms with Crippen LogP contribution in [0.5, 0.6) is 0 Å². The van der Waals surface area contributed by atoms with E-state index in [0.29, 0.717) is 13.2 Å². The fraction of sp³-hybridized carbons (Fsp3) is 0.174. The standard InChI is InChI=1S/C23H20BrN3O3S/c1-30-11-10-27-22(29)19(21(28)25-23(27)31)12-16-14-26(20-5-3-2-4-18(16)20)13-15-6-8-17(24)9-7-15/h2-9,12,14H,10-11,13H2,1H3,(H,25,28,31). The van der Waals surface area contributed by atoms with Crippen LogP contribution in [-0.2, 0) is 20.9 Å². The van der Waals surface area contributed by atoms with Crippen molar-refractivity contribution in [3.05, 3.63) is 75.9 Å². The molecule has 1 fully saturated rings. The molecule has 1 aliphatic rings. The minimum Gasteiger partial charge on any atom is -0.383 e. The van der Waals surface area contributed by atoms with Crippen LogP contribution in [0.15, 0.2) is 64.8 Å². The molecule has 8 heteroatoms. The summed E-state index contributed by atoms with van der Waals surface area (Å²) in [5.41, 5.74) is 3.01. The van der Waals surface area contributed by atoms with Gasteiger partial charge in [-0.15, -0.1) is 0 Å². The van der Waals surface area contributed by atoms with Gasteiger partial charge in [0.15, 0.2) is 5.11 Å². The highest BCUT2D eigenvalue weighted by atomic mass is 79.9. The minimum absolute atomic E-state index is 0.0521. The molecule has 0 atom stereocenters. The number of carbonyl (C=O) groups excluding carboxylic acids is 2. The first-order valence-corrected chi connectivity index (χ1v) is 10.9. The maximum Gasteiger partial charge on any atom is 0.265 e. The molecule has 0 unspecified atom stereocenters. The summed E-state index contributed by atoms with van der Waals surface area (Å²) < 4.78 is 8.19. The summed E-state index contributed by atoms with van der Waals surface area (Å²) in [5, 5.41) is 3.66. The first-order chi connectivity index (χ1) is 15.0. The molecular formula is C23H20BrN3O3S. The topological polar surface area (TPSA) is 63.6 Å². The van der Waals surface area contributed by atoms with Gasteiger partial charge >= 0.3 is 0 Å². The molecule has 2 heterocycles. The molecule has 0 saturated carbocycles. The van der Waals surface area contributed by atoms with Crippen LogP contribution in [0.4, 0.5) is 0 Å². The molecule has 1 aromatic heterocycles. The van der Waals surface area contributed by atoms with Gasteiger partial charge in [-0.1, -0.05) is 46.3 Å². The molecule has 1 aliphatic heterocycles. The first kappa shape index (κ1) is 21.4. The predicted octanol–water partition coefficient (Wildman–Crippen LogP) is 3.73. The van der Waals surface area contributed by atoms with Crippen molar-refractivity contribution in [3.63, 3.8) is 0 Å². The maximum absolute atomic E-state index is 13.0. The van der Waals surface area contributed by atoms with Crippen molar-refractivity contribution in [3.8, 4) is 0 Å². The van der Waals surface area contributed by atoms with Crippen molar-refractivity contribution in [1.29, 1.82) is 0 Å². The first-order valence-electron chi connectivity index (χ1n) is 9.68. The van der Waals surface area contributed by atoms with E-state index < -0.39 is 11.8 Å². The molecular weight excluding hydrogens is 478 g/mol. The third kappa shape index (κ3) is 4.46. The van der Waals surface area contributed by atoms with Gasteiger partial charge in [-0.2, -0.15) is 0 Å². The van der Waals surface area contributed by atoms with Crippen molar-refractivity contribution in [2.45, 2.75) is 6.54 Å². The molecule has 0 bridgehead atoms. The fourth-order valence-corrected chi connectivity index (χ4v) is 4.07. The quantitative estimate of drug-likeness (QED) is 0.320. The van der Waals surface area contributed by atoms with Crippen LogP contribution in [0.25, 0.3) is 17.0 Å². The third-order valence-corrected chi connectivity index (χ3v) is 5.94. The number of hydrogen-bond acceptors (Lipinski definition) is 4. The normalized spacial score (nSPS) is 15.7. The number of aromatic nitrogens is 1. The summed E-state index contributed by atoms with van der Waals surface area (Å²) in [6.07, 6.45) is 3.60. The van der Waals surface area contributed by atoms with Gasteiger partial charge in [-0.25, -0.2) is 0 Å². The van der Waals surface area contributed by atoms with Crippen LogP contribution in [0.3, 0.4) is 0 Å². The van der Waals surface area contributed by atoms with Gasteiger partial charge in [0.1, 0.15) is 5.57 Å². The van der Waals surface area contributed by atoms with Crippen molar-refractivity contribution in [2.24, 2.45) is 0 Å². The number of hydrogen-bond donors (Lipinski definition) is 1. The summed E-state index contributed by atoms with van der Waals surface area (Å²) in [4.78, 5) is 26.9. The minimum atomic E-state index is -0.492. The molecule has 31 heavy (non-hydrogen) atoms. The SMILES string of the molecule is COCCN1C(=O)C(=Cc2cn(Cc3ccc(Br)cc3)c3ccccc23)C(=O)NC1=S. The highest BCUT2D eigenvalue weighted by Crippen LogP contribution is 2.26. The highest BCUT2D eigenvalue weighted by Gasteiger charge is 2.33. The molecule has 1 saturated heterocycles. The van der Waals surface area contributed by atoms with E-state index in [9.17, 15) is 9.59 Å². The zero-order chi connectivity index (χ0) is 22.0. The van der Waals surface area contributed by atoms with E-state index in [-0.39, 0.29) is 17.2 Å². The van der Waals surface area contributed by atoms with Gasteiger partial charge < -0.3 is 9.30 Å². The fourth-order valence-electron chi connectivity index (χ4n) is 3.54. The second-order valence-electron chi connectivity index (χ2n) is 7.12. The molecule has 3 aromatic rings. The van der Waals surface area contributed by atoms with Crippen LogP contribution in [0.1, 0.15) is 11.1 Å². The van der Waals surface area contributed by atoms with E-state index in [4.69, 9.17) is 17.0 Å². The van der Waals surface area contributed by atoms with Crippen LogP contribution in [0.2, 0.25) is 0 Å². The Labute approximate surface area is 193 Å². The molecule has 4 rings (SSSR count). The second kappa shape index (κ2) is 9.13. The number of halogens is 1. The summed E-state index contributed by atoms with van der Waals surface area (Å²) in [5.74, 6) is -0.913. The molecule has 2 aromatic carbocycles. The number of methoxy groups -OCH3 is 1. The number of ether oxygens (including phenoxy) is 1. The van der Waals surface area contributed by atoms with Gasteiger partial charge in [0, 0.05) is 40.8 Å². The Morgan fingerprint density at radius 1 is 1.13 bits per heavy atom. The molecule has 0 spiro atoms. The Balaban J connectivity index is 1.73. The molecule has 6 nitrogen and oxygen atoms in total. The van der Waals surface area contributed by atoms with Crippen molar-refractivity contribution in [1.82, 2.24) is 14.8 Å². The van der Waals surface area contributed by atoms with Crippen molar-refractivity contribution >= 4 is 62.1 Å². The molecule has 158 valence electrons. The average Bonchev–Trinajstić information content (AvgIpc) is 3.10. The zero-order valence-corrected chi connectivity index (χ0v) is 19.2. The van der Waals surface area contributed by atoms with Crippen LogP contribution < -0.4 is 5.32 Å². The summed E-state index contributed by atoms with van der Waals surface area (Å²) in [7, 11) is 1.55. The van der Waals surface area contributed by atoms with E-state index in [1.165, 1.54) is 4.90 Å². The Kier molecular flexibility index (Phi) is 6.31. The maximum atomic E-state index is 13.0. The number of thiocarbonyl (C=S) groups is 1.